The van der Waals surface area contributed by atoms with Crippen LogP contribution in [0.3, 0.4) is 0 Å². The highest BCUT2D eigenvalue weighted by Crippen LogP contribution is 2.29. The number of thioether (sulfide) groups is 1. The molecule has 24 heavy (non-hydrogen) atoms. The van der Waals surface area contributed by atoms with Crippen LogP contribution in [0.15, 0.2) is 34.3 Å². The molecule has 0 radical (unpaired) electrons. The average molecular weight is 345 g/mol. The normalized spacial score (nSPS) is 19.4. The van der Waals surface area contributed by atoms with Crippen LogP contribution in [-0.2, 0) is 9.59 Å². The van der Waals surface area contributed by atoms with E-state index in [1.165, 1.54) is 11.8 Å². The first kappa shape index (κ1) is 16.7. The molecule has 0 spiro atoms. The molecule has 1 saturated carbocycles. The molecule has 1 aliphatic heterocycles. The number of carbonyl (C=O) groups excluding carboxylic acids is 2. The molecule has 1 atom stereocenters. The monoisotopic (exact) mass is 345 g/mol. The van der Waals surface area contributed by atoms with Crippen LogP contribution in [0.1, 0.15) is 26.2 Å². The summed E-state index contributed by atoms with van der Waals surface area (Å²) in [5, 5.41) is 3.21. The summed E-state index contributed by atoms with van der Waals surface area (Å²) < 4.78 is 5.48. The minimum atomic E-state index is -0.184. The Hall–Kier alpha value is -2.15. The van der Waals surface area contributed by atoms with Crippen LogP contribution in [-0.4, -0.2) is 35.1 Å². The van der Waals surface area contributed by atoms with Crippen molar-refractivity contribution in [3.05, 3.63) is 24.3 Å². The van der Waals surface area contributed by atoms with Gasteiger partial charge in [-0.15, -0.1) is 0 Å². The summed E-state index contributed by atoms with van der Waals surface area (Å²) >= 11 is 1.19. The van der Waals surface area contributed by atoms with Crippen molar-refractivity contribution in [2.75, 3.05) is 17.7 Å². The van der Waals surface area contributed by atoms with Crippen molar-refractivity contribution < 1.29 is 14.3 Å². The molecule has 1 aliphatic carbocycles. The molecule has 1 heterocycles. The highest BCUT2D eigenvalue weighted by atomic mass is 32.2. The van der Waals surface area contributed by atoms with Gasteiger partial charge < -0.3 is 10.1 Å². The second-order valence-electron chi connectivity index (χ2n) is 5.55. The predicted octanol–water partition coefficient (Wildman–Crippen LogP) is 2.89. The summed E-state index contributed by atoms with van der Waals surface area (Å²) in [6.07, 6.45) is 2.68. The number of nitrogens with zero attached hydrogens (tertiary/aromatic N) is 2. The highest BCUT2D eigenvalue weighted by molar-refractivity contribution is 8.14. The van der Waals surface area contributed by atoms with E-state index >= 15 is 0 Å². The second kappa shape index (κ2) is 7.61. The maximum Gasteiger partial charge on any atom is 0.256 e. The third kappa shape index (κ3) is 3.84. The SMILES string of the molecule is CCOc1ccccc1NC(=O)CSC1=NC(=O)C2CCCC2=N1. The predicted molar refractivity (Wildman–Crippen MR) is 95.9 cm³/mol. The summed E-state index contributed by atoms with van der Waals surface area (Å²) in [4.78, 5) is 32.5. The molecule has 0 saturated heterocycles. The van der Waals surface area contributed by atoms with E-state index in [1.807, 2.05) is 25.1 Å². The Morgan fingerprint density at radius 1 is 1.38 bits per heavy atom. The smallest absolute Gasteiger partial charge is 0.256 e. The molecule has 0 bridgehead atoms. The number of para-hydroxylation sites is 2. The number of benzene rings is 1. The van der Waals surface area contributed by atoms with E-state index in [0.717, 1.165) is 25.0 Å². The van der Waals surface area contributed by atoms with Gasteiger partial charge in [0.25, 0.3) is 5.91 Å². The van der Waals surface area contributed by atoms with E-state index in [2.05, 4.69) is 15.3 Å². The van der Waals surface area contributed by atoms with Gasteiger partial charge in [0.05, 0.1) is 24.0 Å². The van der Waals surface area contributed by atoms with Gasteiger partial charge in [-0.25, -0.2) is 4.99 Å². The van der Waals surface area contributed by atoms with Gasteiger partial charge in [-0.3, -0.25) is 9.59 Å². The molecule has 0 aromatic heterocycles. The van der Waals surface area contributed by atoms with E-state index in [-0.39, 0.29) is 23.5 Å². The number of carbonyl (C=O) groups is 2. The van der Waals surface area contributed by atoms with Crippen molar-refractivity contribution in [2.24, 2.45) is 15.9 Å². The zero-order chi connectivity index (χ0) is 16.9. The maximum absolute atomic E-state index is 12.1. The second-order valence-corrected chi connectivity index (χ2v) is 6.49. The van der Waals surface area contributed by atoms with Crippen molar-refractivity contribution in [3.8, 4) is 5.75 Å². The molecule has 1 aromatic rings. The van der Waals surface area contributed by atoms with Crippen molar-refractivity contribution >= 4 is 40.1 Å². The summed E-state index contributed by atoms with van der Waals surface area (Å²) in [5.74, 6) is 0.352. The fourth-order valence-corrected chi connectivity index (χ4v) is 3.45. The van der Waals surface area contributed by atoms with E-state index in [4.69, 9.17) is 4.74 Å². The van der Waals surface area contributed by atoms with Gasteiger partial charge in [0.15, 0.2) is 5.17 Å². The van der Waals surface area contributed by atoms with Crippen LogP contribution in [0.25, 0.3) is 0 Å². The molecule has 7 heteroatoms. The summed E-state index contributed by atoms with van der Waals surface area (Å²) in [6, 6.07) is 7.29. The first-order chi connectivity index (χ1) is 11.7. The van der Waals surface area contributed by atoms with Crippen LogP contribution in [0.5, 0.6) is 5.75 Å². The van der Waals surface area contributed by atoms with Gasteiger partial charge in [0.2, 0.25) is 5.91 Å². The molecule has 1 N–H and O–H groups in total. The number of aliphatic imine (C=N–C) groups is 2. The lowest BCUT2D eigenvalue weighted by atomic mass is 10.1. The number of rotatable bonds is 5. The van der Waals surface area contributed by atoms with Gasteiger partial charge in [-0.2, -0.15) is 4.99 Å². The Bertz CT molecular complexity index is 715. The topological polar surface area (TPSA) is 80.1 Å². The zero-order valence-electron chi connectivity index (χ0n) is 13.4. The summed E-state index contributed by atoms with van der Waals surface area (Å²) in [5.41, 5.74) is 1.55. The summed E-state index contributed by atoms with van der Waals surface area (Å²) in [6.45, 7) is 2.42. The van der Waals surface area contributed by atoms with Gasteiger partial charge in [-0.05, 0) is 38.3 Å². The Labute approximate surface area is 144 Å². The van der Waals surface area contributed by atoms with Crippen molar-refractivity contribution in [1.82, 2.24) is 0 Å². The lowest BCUT2D eigenvalue weighted by Crippen LogP contribution is -2.24. The number of amidine groups is 1. The van der Waals surface area contributed by atoms with Crippen LogP contribution in [0.4, 0.5) is 5.69 Å². The van der Waals surface area contributed by atoms with E-state index in [9.17, 15) is 9.59 Å². The van der Waals surface area contributed by atoms with Gasteiger partial charge in [0.1, 0.15) is 5.75 Å². The minimum absolute atomic E-state index is 0.123. The number of hydrogen-bond acceptors (Lipinski definition) is 5. The number of anilines is 1. The van der Waals surface area contributed by atoms with Crippen LogP contribution >= 0.6 is 11.8 Å². The van der Waals surface area contributed by atoms with Gasteiger partial charge in [-0.1, -0.05) is 23.9 Å². The zero-order valence-corrected chi connectivity index (χ0v) is 14.3. The third-order valence-electron chi connectivity index (χ3n) is 3.86. The first-order valence-corrected chi connectivity index (χ1v) is 9.00. The van der Waals surface area contributed by atoms with Crippen molar-refractivity contribution in [3.63, 3.8) is 0 Å². The number of hydrogen-bond donors (Lipinski definition) is 1. The summed E-state index contributed by atoms with van der Waals surface area (Å²) in [7, 11) is 0. The molecule has 2 aliphatic rings. The molecule has 2 amide bonds. The Balaban J connectivity index is 1.58. The van der Waals surface area contributed by atoms with Crippen LogP contribution < -0.4 is 10.1 Å². The number of amides is 2. The lowest BCUT2D eigenvalue weighted by molar-refractivity contribution is -0.119. The fourth-order valence-electron chi connectivity index (χ4n) is 2.78. The van der Waals surface area contributed by atoms with Crippen LogP contribution in [0, 0.1) is 5.92 Å². The van der Waals surface area contributed by atoms with E-state index in [0.29, 0.717) is 23.2 Å². The van der Waals surface area contributed by atoms with Crippen LogP contribution in [0.2, 0.25) is 0 Å². The number of nitrogens with one attached hydrogen (secondary N) is 1. The Morgan fingerprint density at radius 3 is 3.04 bits per heavy atom. The molecule has 1 unspecified atom stereocenters. The van der Waals surface area contributed by atoms with Crippen molar-refractivity contribution in [1.29, 1.82) is 0 Å². The first-order valence-electron chi connectivity index (χ1n) is 8.02. The molecule has 1 fully saturated rings. The maximum atomic E-state index is 12.1. The van der Waals surface area contributed by atoms with Gasteiger partial charge >= 0.3 is 0 Å². The Morgan fingerprint density at radius 2 is 2.21 bits per heavy atom. The average Bonchev–Trinajstić information content (AvgIpc) is 3.04. The van der Waals surface area contributed by atoms with E-state index in [1.54, 1.807) is 6.07 Å². The Kier molecular flexibility index (Phi) is 5.30. The third-order valence-corrected chi connectivity index (χ3v) is 4.71. The fraction of sp³-hybridized carbons (Fsp3) is 0.412. The molecule has 1 aromatic carbocycles. The number of ether oxygens (including phenoxy) is 1. The van der Waals surface area contributed by atoms with E-state index < -0.39 is 0 Å². The molecule has 6 nitrogen and oxygen atoms in total. The minimum Gasteiger partial charge on any atom is -0.492 e. The quantitative estimate of drug-likeness (QED) is 0.890. The molecular formula is C17H19N3O3S. The van der Waals surface area contributed by atoms with Gasteiger partial charge in [0, 0.05) is 5.71 Å². The largest absolute Gasteiger partial charge is 0.492 e. The molecule has 126 valence electrons. The van der Waals surface area contributed by atoms with Crippen molar-refractivity contribution in [2.45, 2.75) is 26.2 Å². The molecule has 3 rings (SSSR count). The lowest BCUT2D eigenvalue weighted by Gasteiger charge is -2.14. The molecular weight excluding hydrogens is 326 g/mol. The number of fused-ring (bicyclic) bond motifs is 1. The highest BCUT2D eigenvalue weighted by Gasteiger charge is 2.32. The standard InChI is InChI=1S/C17H19N3O3S/c1-2-23-14-9-4-3-7-13(14)18-15(21)10-24-17-19-12-8-5-6-11(12)16(22)20-17/h3-4,7,9,11H,2,5-6,8,10H2,1H3,(H,18,21).